The molecule has 0 amide bonds. The van der Waals surface area contributed by atoms with Crippen LogP contribution in [0, 0.1) is 13.8 Å². The number of ether oxygens (including phenoxy) is 1. The summed E-state index contributed by atoms with van der Waals surface area (Å²) in [6, 6.07) is 14.2. The van der Waals surface area contributed by atoms with Gasteiger partial charge in [-0.2, -0.15) is 0 Å². The highest BCUT2D eigenvalue weighted by molar-refractivity contribution is 5.83. The summed E-state index contributed by atoms with van der Waals surface area (Å²) >= 11 is 0. The molecule has 2 aromatic carbocycles. The monoisotopic (exact) mass is 456 g/mol. The zero-order chi connectivity index (χ0) is 23.2. The second-order valence-corrected chi connectivity index (χ2v) is 9.43. The van der Waals surface area contributed by atoms with Crippen LogP contribution >= 0.6 is 0 Å². The predicted octanol–water partition coefficient (Wildman–Crippen LogP) is 3.46. The molecule has 8 nitrogen and oxygen atoms in total. The van der Waals surface area contributed by atoms with Gasteiger partial charge in [0.1, 0.15) is 6.04 Å². The van der Waals surface area contributed by atoms with Gasteiger partial charge in [0.15, 0.2) is 5.82 Å². The molecule has 1 fully saturated rings. The molecule has 34 heavy (non-hydrogen) atoms. The molecule has 2 atom stereocenters. The Bertz CT molecular complexity index is 1420. The molecule has 0 spiro atoms. The summed E-state index contributed by atoms with van der Waals surface area (Å²) in [5.74, 6) is 0.668. The zero-order valence-electron chi connectivity index (χ0n) is 19.5. The first kappa shape index (κ1) is 21.0. The van der Waals surface area contributed by atoms with E-state index in [0.29, 0.717) is 17.9 Å². The quantitative estimate of drug-likeness (QED) is 0.495. The average Bonchev–Trinajstić information content (AvgIpc) is 3.57. The molecule has 8 heteroatoms. The number of tetrazole rings is 1. The van der Waals surface area contributed by atoms with Crippen molar-refractivity contribution in [3.05, 3.63) is 80.9 Å². The number of benzene rings is 2. The molecule has 0 saturated carbocycles. The number of nitrogens with one attached hydrogen (secondary N) is 1. The fourth-order valence-corrected chi connectivity index (χ4v) is 5.49. The van der Waals surface area contributed by atoms with Crippen LogP contribution in [0.4, 0.5) is 5.69 Å². The number of H-pyrrole nitrogens is 1. The fraction of sp³-hybridized carbons (Fsp3) is 0.385. The van der Waals surface area contributed by atoms with Crippen LogP contribution in [-0.4, -0.2) is 44.4 Å². The number of fused-ring (bicyclic) bond motifs is 2. The lowest BCUT2D eigenvalue weighted by Crippen LogP contribution is -2.35. The molecule has 0 aliphatic carbocycles. The van der Waals surface area contributed by atoms with Gasteiger partial charge in [-0.3, -0.25) is 4.79 Å². The summed E-state index contributed by atoms with van der Waals surface area (Å²) in [6.45, 7) is 6.27. The Balaban J connectivity index is 1.53. The third-order valence-corrected chi connectivity index (χ3v) is 7.08. The average molecular weight is 457 g/mol. The Hall–Kier alpha value is -3.52. The second-order valence-electron chi connectivity index (χ2n) is 9.43. The molecule has 2 unspecified atom stereocenters. The Labute approximate surface area is 197 Å². The van der Waals surface area contributed by atoms with E-state index in [1.165, 1.54) is 5.56 Å². The number of anilines is 1. The maximum atomic E-state index is 13.5. The summed E-state index contributed by atoms with van der Waals surface area (Å²) in [5, 5.41) is 13.8. The number of pyridine rings is 1. The van der Waals surface area contributed by atoms with Crippen LogP contribution in [0.1, 0.15) is 47.0 Å². The predicted molar refractivity (Wildman–Crippen MR) is 130 cm³/mol. The SMILES string of the molecule is Cc1cc(C)c2cc(C(c3nnnn3CC3CCCO3)N3CCc4ccccc43)c(=O)[nH]c2c1. The van der Waals surface area contributed by atoms with Gasteiger partial charge in [0.25, 0.3) is 5.56 Å². The first-order chi connectivity index (χ1) is 16.6. The number of rotatable bonds is 5. The van der Waals surface area contributed by atoms with Crippen molar-refractivity contribution in [1.82, 2.24) is 25.2 Å². The van der Waals surface area contributed by atoms with Crippen LogP contribution in [0.25, 0.3) is 10.9 Å². The lowest BCUT2D eigenvalue weighted by atomic mass is 10.00. The Morgan fingerprint density at radius 3 is 2.94 bits per heavy atom. The van der Waals surface area contributed by atoms with E-state index >= 15 is 0 Å². The Morgan fingerprint density at radius 1 is 1.21 bits per heavy atom. The van der Waals surface area contributed by atoms with Crippen molar-refractivity contribution in [3.8, 4) is 0 Å². The van der Waals surface area contributed by atoms with Gasteiger partial charge >= 0.3 is 0 Å². The minimum Gasteiger partial charge on any atom is -0.376 e. The summed E-state index contributed by atoms with van der Waals surface area (Å²) in [6.07, 6.45) is 3.05. The van der Waals surface area contributed by atoms with Gasteiger partial charge in [0.05, 0.1) is 12.6 Å². The van der Waals surface area contributed by atoms with Gasteiger partial charge in [0.2, 0.25) is 0 Å². The summed E-state index contributed by atoms with van der Waals surface area (Å²) in [5.41, 5.74) is 6.05. The first-order valence-electron chi connectivity index (χ1n) is 11.9. The van der Waals surface area contributed by atoms with Gasteiger partial charge in [0, 0.05) is 35.3 Å². The lowest BCUT2D eigenvalue weighted by Gasteiger charge is -2.30. The maximum Gasteiger partial charge on any atom is 0.254 e. The van der Waals surface area contributed by atoms with E-state index in [1.807, 2.05) is 29.8 Å². The highest BCUT2D eigenvalue weighted by atomic mass is 16.5. The van der Waals surface area contributed by atoms with E-state index in [9.17, 15) is 4.79 Å². The Kier molecular flexibility index (Phi) is 5.17. The van der Waals surface area contributed by atoms with Crippen LogP contribution in [0.2, 0.25) is 0 Å². The van der Waals surface area contributed by atoms with Crippen molar-refractivity contribution in [2.24, 2.45) is 0 Å². The number of nitrogens with zero attached hydrogens (tertiary/aromatic N) is 5. The smallest absolute Gasteiger partial charge is 0.254 e. The van der Waals surface area contributed by atoms with Gasteiger partial charge < -0.3 is 14.6 Å². The van der Waals surface area contributed by atoms with Crippen LogP contribution in [0.3, 0.4) is 0 Å². The topological polar surface area (TPSA) is 88.9 Å². The normalized spacial score (nSPS) is 18.5. The fourth-order valence-electron chi connectivity index (χ4n) is 5.49. The van der Waals surface area contributed by atoms with E-state index in [1.54, 1.807) is 0 Å². The van der Waals surface area contributed by atoms with E-state index in [4.69, 9.17) is 4.74 Å². The minimum absolute atomic E-state index is 0.0915. The van der Waals surface area contributed by atoms with Crippen molar-refractivity contribution >= 4 is 16.6 Å². The molecule has 1 N–H and O–H groups in total. The summed E-state index contributed by atoms with van der Waals surface area (Å²) in [4.78, 5) is 18.9. The number of aromatic amines is 1. The van der Waals surface area contributed by atoms with Crippen LogP contribution in [0.15, 0.2) is 47.3 Å². The standard InChI is InChI=1S/C26H28N6O2/c1-16-12-17(2)20-14-21(26(33)27-22(20)13-16)24(31-10-9-18-6-3-4-8-23(18)31)25-28-29-30-32(25)15-19-7-5-11-34-19/h3-4,6,8,12-14,19,24H,5,7,9-11,15H2,1-2H3,(H,27,33). The summed E-state index contributed by atoms with van der Waals surface area (Å²) < 4.78 is 7.69. The van der Waals surface area contributed by atoms with Crippen molar-refractivity contribution in [3.63, 3.8) is 0 Å². The zero-order valence-corrected chi connectivity index (χ0v) is 19.5. The highest BCUT2D eigenvalue weighted by Gasteiger charge is 2.35. The van der Waals surface area contributed by atoms with Crippen molar-refractivity contribution < 1.29 is 4.74 Å². The maximum absolute atomic E-state index is 13.5. The summed E-state index contributed by atoms with van der Waals surface area (Å²) in [7, 11) is 0. The second kappa shape index (κ2) is 8.36. The molecule has 1 saturated heterocycles. The third kappa shape index (κ3) is 3.58. The number of aryl methyl sites for hydroxylation is 2. The molecular weight excluding hydrogens is 428 g/mol. The largest absolute Gasteiger partial charge is 0.376 e. The molecule has 2 aromatic heterocycles. The molecule has 4 aromatic rings. The van der Waals surface area contributed by atoms with Crippen molar-refractivity contribution in [2.45, 2.75) is 51.8 Å². The van der Waals surface area contributed by atoms with Gasteiger partial charge in [-0.05, 0) is 78.4 Å². The Morgan fingerprint density at radius 2 is 2.09 bits per heavy atom. The molecule has 0 bridgehead atoms. The van der Waals surface area contributed by atoms with E-state index in [-0.39, 0.29) is 11.7 Å². The van der Waals surface area contributed by atoms with E-state index in [0.717, 1.165) is 60.1 Å². The number of hydrogen-bond acceptors (Lipinski definition) is 6. The molecule has 174 valence electrons. The van der Waals surface area contributed by atoms with E-state index in [2.05, 4.69) is 56.6 Å². The van der Waals surface area contributed by atoms with Crippen LogP contribution in [-0.2, 0) is 17.7 Å². The van der Waals surface area contributed by atoms with Gasteiger partial charge in [-0.1, -0.05) is 24.3 Å². The molecule has 2 aliphatic heterocycles. The third-order valence-electron chi connectivity index (χ3n) is 7.08. The van der Waals surface area contributed by atoms with Crippen molar-refractivity contribution in [2.75, 3.05) is 18.1 Å². The van der Waals surface area contributed by atoms with Crippen LogP contribution in [0.5, 0.6) is 0 Å². The van der Waals surface area contributed by atoms with Crippen molar-refractivity contribution in [1.29, 1.82) is 0 Å². The molecule has 4 heterocycles. The number of hydrogen-bond donors (Lipinski definition) is 1. The number of aromatic nitrogens is 5. The highest BCUT2D eigenvalue weighted by Crippen LogP contribution is 2.37. The number of para-hydroxylation sites is 1. The van der Waals surface area contributed by atoms with Gasteiger partial charge in [-0.15, -0.1) is 5.10 Å². The van der Waals surface area contributed by atoms with E-state index < -0.39 is 6.04 Å². The van der Waals surface area contributed by atoms with Crippen LogP contribution < -0.4 is 10.5 Å². The first-order valence-corrected chi connectivity index (χ1v) is 11.9. The molecule has 6 rings (SSSR count). The molecule has 0 radical (unpaired) electrons. The van der Waals surface area contributed by atoms with Gasteiger partial charge in [-0.25, -0.2) is 4.68 Å². The minimum atomic E-state index is -0.408. The molecular formula is C26H28N6O2. The molecule has 2 aliphatic rings. The lowest BCUT2D eigenvalue weighted by molar-refractivity contribution is 0.0924.